The molecule has 1 N–H and O–H groups in total. The summed E-state index contributed by atoms with van der Waals surface area (Å²) in [5.74, 6) is 0.762. The summed E-state index contributed by atoms with van der Waals surface area (Å²) in [6.07, 6.45) is 4.66. The van der Waals surface area contributed by atoms with Crippen LogP contribution in [0.3, 0.4) is 0 Å². The predicted molar refractivity (Wildman–Crippen MR) is 79.0 cm³/mol. The first-order valence-corrected chi connectivity index (χ1v) is 8.91. The third kappa shape index (κ3) is 2.51. The standard InChI is InChI=1S/C15H21NO3S/c1-15(2)7-6-14-12(9-15)16-11-8-10(20(3,17)18)4-5-13(11)19-14/h4-5,8,12,14,16H,6-7,9H2,1-3H3. The van der Waals surface area contributed by atoms with E-state index in [0.717, 1.165) is 30.7 Å². The molecule has 4 nitrogen and oxygen atoms in total. The topological polar surface area (TPSA) is 55.4 Å². The summed E-state index contributed by atoms with van der Waals surface area (Å²) in [5, 5.41) is 3.48. The molecule has 0 saturated heterocycles. The molecule has 1 fully saturated rings. The van der Waals surface area contributed by atoms with Crippen LogP contribution in [0.25, 0.3) is 0 Å². The Kier molecular flexibility index (Phi) is 3.01. The fraction of sp³-hybridized carbons (Fsp3) is 0.600. The fourth-order valence-electron chi connectivity index (χ4n) is 3.17. The van der Waals surface area contributed by atoms with E-state index in [9.17, 15) is 8.42 Å². The van der Waals surface area contributed by atoms with Crippen LogP contribution in [0, 0.1) is 5.41 Å². The minimum atomic E-state index is -3.18. The SMILES string of the molecule is CC1(C)CCC2Oc3ccc(S(C)(=O)=O)cc3NC2C1. The molecular weight excluding hydrogens is 274 g/mol. The predicted octanol–water partition coefficient (Wildman–Crippen LogP) is 2.84. The molecule has 1 aliphatic heterocycles. The Morgan fingerprint density at radius 3 is 2.80 bits per heavy atom. The van der Waals surface area contributed by atoms with Gasteiger partial charge in [-0.15, -0.1) is 0 Å². The highest BCUT2D eigenvalue weighted by atomic mass is 32.2. The Hall–Kier alpha value is -1.23. The molecule has 110 valence electrons. The minimum Gasteiger partial charge on any atom is -0.486 e. The number of nitrogens with one attached hydrogen (secondary N) is 1. The van der Waals surface area contributed by atoms with E-state index < -0.39 is 9.84 Å². The van der Waals surface area contributed by atoms with E-state index in [1.54, 1.807) is 18.2 Å². The van der Waals surface area contributed by atoms with Crippen molar-refractivity contribution >= 4 is 15.5 Å². The molecule has 3 rings (SSSR count). The van der Waals surface area contributed by atoms with E-state index in [1.165, 1.54) is 6.26 Å². The summed E-state index contributed by atoms with van der Waals surface area (Å²) < 4.78 is 29.3. The van der Waals surface area contributed by atoms with Gasteiger partial charge in [0.2, 0.25) is 0 Å². The van der Waals surface area contributed by atoms with Gasteiger partial charge in [0.25, 0.3) is 0 Å². The van der Waals surface area contributed by atoms with E-state index in [1.807, 2.05) is 0 Å². The third-order valence-electron chi connectivity index (χ3n) is 4.33. The first kappa shape index (κ1) is 13.7. The van der Waals surface area contributed by atoms with Crippen molar-refractivity contribution in [1.29, 1.82) is 0 Å². The van der Waals surface area contributed by atoms with Gasteiger partial charge in [-0.3, -0.25) is 0 Å². The Balaban J connectivity index is 1.92. The average molecular weight is 295 g/mol. The van der Waals surface area contributed by atoms with Crippen molar-refractivity contribution in [2.45, 2.75) is 50.2 Å². The van der Waals surface area contributed by atoms with Crippen LogP contribution in [-0.2, 0) is 9.84 Å². The lowest BCUT2D eigenvalue weighted by Crippen LogP contribution is -2.47. The van der Waals surface area contributed by atoms with Crippen LogP contribution < -0.4 is 10.1 Å². The van der Waals surface area contributed by atoms with Crippen molar-refractivity contribution in [2.24, 2.45) is 5.41 Å². The summed E-state index contributed by atoms with van der Waals surface area (Å²) in [5.41, 5.74) is 1.11. The Bertz CT molecular complexity index is 637. The average Bonchev–Trinajstić information content (AvgIpc) is 2.33. The summed E-state index contributed by atoms with van der Waals surface area (Å²) in [6, 6.07) is 5.32. The maximum Gasteiger partial charge on any atom is 0.175 e. The van der Waals surface area contributed by atoms with Crippen LogP contribution in [0.2, 0.25) is 0 Å². The van der Waals surface area contributed by atoms with Gasteiger partial charge < -0.3 is 10.1 Å². The molecule has 1 aromatic carbocycles. The highest BCUT2D eigenvalue weighted by Gasteiger charge is 2.39. The Morgan fingerprint density at radius 1 is 1.35 bits per heavy atom. The molecule has 0 radical (unpaired) electrons. The second kappa shape index (κ2) is 4.38. The van der Waals surface area contributed by atoms with Crippen molar-refractivity contribution in [2.75, 3.05) is 11.6 Å². The van der Waals surface area contributed by atoms with Crippen LogP contribution >= 0.6 is 0 Å². The van der Waals surface area contributed by atoms with Crippen LogP contribution in [0.4, 0.5) is 5.69 Å². The smallest absolute Gasteiger partial charge is 0.175 e. The molecule has 0 amide bonds. The summed E-state index contributed by atoms with van der Waals surface area (Å²) in [7, 11) is -3.18. The summed E-state index contributed by atoms with van der Waals surface area (Å²) in [4.78, 5) is 0.334. The van der Waals surface area contributed by atoms with Crippen LogP contribution in [0.5, 0.6) is 5.75 Å². The maximum absolute atomic E-state index is 11.6. The Morgan fingerprint density at radius 2 is 2.10 bits per heavy atom. The van der Waals surface area contributed by atoms with E-state index in [-0.39, 0.29) is 12.1 Å². The van der Waals surface area contributed by atoms with Gasteiger partial charge >= 0.3 is 0 Å². The number of rotatable bonds is 1. The number of ether oxygens (including phenoxy) is 1. The molecule has 1 heterocycles. The van der Waals surface area contributed by atoms with Crippen LogP contribution in [0.15, 0.2) is 23.1 Å². The first-order chi connectivity index (χ1) is 9.24. The summed E-state index contributed by atoms with van der Waals surface area (Å²) in [6.45, 7) is 4.54. The first-order valence-electron chi connectivity index (χ1n) is 7.02. The molecule has 20 heavy (non-hydrogen) atoms. The largest absolute Gasteiger partial charge is 0.486 e. The highest BCUT2D eigenvalue weighted by Crippen LogP contribution is 2.43. The van der Waals surface area contributed by atoms with Crippen molar-refractivity contribution < 1.29 is 13.2 Å². The second-order valence-corrected chi connectivity index (χ2v) is 8.76. The lowest BCUT2D eigenvalue weighted by molar-refractivity contribution is 0.0776. The van der Waals surface area contributed by atoms with Crippen molar-refractivity contribution in [3.63, 3.8) is 0 Å². The molecule has 1 aliphatic carbocycles. The molecule has 1 saturated carbocycles. The molecule has 2 unspecified atom stereocenters. The van der Waals surface area contributed by atoms with Gasteiger partial charge in [-0.05, 0) is 42.9 Å². The zero-order chi connectivity index (χ0) is 14.5. The quantitative estimate of drug-likeness (QED) is 0.865. The summed E-state index contributed by atoms with van der Waals surface area (Å²) >= 11 is 0. The van der Waals surface area contributed by atoms with Gasteiger partial charge in [0, 0.05) is 6.26 Å². The zero-order valence-corrected chi connectivity index (χ0v) is 13.0. The molecule has 0 bridgehead atoms. The zero-order valence-electron chi connectivity index (χ0n) is 12.1. The molecular formula is C15H21NO3S. The molecule has 1 aromatic rings. The number of anilines is 1. The van der Waals surface area contributed by atoms with Gasteiger partial charge in [-0.1, -0.05) is 13.8 Å². The molecule has 2 aliphatic rings. The van der Waals surface area contributed by atoms with Gasteiger partial charge in [0.1, 0.15) is 11.9 Å². The van der Waals surface area contributed by atoms with E-state index >= 15 is 0 Å². The van der Waals surface area contributed by atoms with Gasteiger partial charge in [0.15, 0.2) is 9.84 Å². The van der Waals surface area contributed by atoms with Crippen molar-refractivity contribution in [1.82, 2.24) is 0 Å². The number of hydrogen-bond donors (Lipinski definition) is 1. The number of hydrogen-bond acceptors (Lipinski definition) is 4. The van der Waals surface area contributed by atoms with E-state index in [2.05, 4.69) is 19.2 Å². The van der Waals surface area contributed by atoms with Crippen molar-refractivity contribution in [3.8, 4) is 5.75 Å². The monoisotopic (exact) mass is 295 g/mol. The number of sulfone groups is 1. The highest BCUT2D eigenvalue weighted by molar-refractivity contribution is 7.90. The molecule has 0 aromatic heterocycles. The lowest BCUT2D eigenvalue weighted by Gasteiger charge is -2.44. The van der Waals surface area contributed by atoms with E-state index in [0.29, 0.717) is 10.3 Å². The second-order valence-electron chi connectivity index (χ2n) is 6.74. The Labute approximate surface area is 120 Å². The van der Waals surface area contributed by atoms with Crippen molar-refractivity contribution in [3.05, 3.63) is 18.2 Å². The van der Waals surface area contributed by atoms with Crippen LogP contribution in [-0.4, -0.2) is 26.8 Å². The van der Waals surface area contributed by atoms with Gasteiger partial charge in [-0.25, -0.2) is 8.42 Å². The van der Waals surface area contributed by atoms with E-state index in [4.69, 9.17) is 4.74 Å². The van der Waals surface area contributed by atoms with Gasteiger partial charge in [-0.2, -0.15) is 0 Å². The lowest BCUT2D eigenvalue weighted by atomic mass is 9.73. The molecule has 5 heteroatoms. The molecule has 2 atom stereocenters. The van der Waals surface area contributed by atoms with Crippen LogP contribution in [0.1, 0.15) is 33.1 Å². The van der Waals surface area contributed by atoms with Gasteiger partial charge in [0.05, 0.1) is 16.6 Å². The third-order valence-corrected chi connectivity index (χ3v) is 5.44. The minimum absolute atomic E-state index is 0.194. The number of fused-ring (bicyclic) bond motifs is 2. The fourth-order valence-corrected chi connectivity index (χ4v) is 3.81. The maximum atomic E-state index is 11.6. The molecule has 0 spiro atoms. The normalized spacial score (nSPS) is 27.8. The number of benzene rings is 1.